The van der Waals surface area contributed by atoms with E-state index in [4.69, 9.17) is 11.6 Å². The van der Waals surface area contributed by atoms with Crippen LogP contribution in [0.25, 0.3) is 0 Å². The summed E-state index contributed by atoms with van der Waals surface area (Å²) in [6.45, 7) is -0.884. The first-order valence-electron chi connectivity index (χ1n) is 2.64. The molecule has 0 aliphatic rings. The van der Waals surface area contributed by atoms with Gasteiger partial charge in [0.1, 0.15) is 0 Å². The van der Waals surface area contributed by atoms with Crippen molar-refractivity contribution in [2.75, 3.05) is 6.86 Å². The molecule has 2 nitrogen and oxygen atoms in total. The Labute approximate surface area is 62.6 Å². The molecule has 54 valence electrons. The van der Waals surface area contributed by atoms with Crippen LogP contribution in [-0.4, -0.2) is 11.8 Å². The smallest absolute Gasteiger partial charge is 0.228 e. The van der Waals surface area contributed by atoms with Gasteiger partial charge in [-0.3, -0.25) is 0 Å². The van der Waals surface area contributed by atoms with E-state index >= 15 is 0 Å². The van der Waals surface area contributed by atoms with Crippen molar-refractivity contribution in [2.45, 2.75) is 0 Å². The molecule has 0 spiro atoms. The summed E-state index contributed by atoms with van der Waals surface area (Å²) < 4.78 is 16.0. The molecular weight excluding hydrogens is 157 g/mol. The summed E-state index contributed by atoms with van der Waals surface area (Å²) in [5.74, 6) is 0.270. The summed E-state index contributed by atoms with van der Waals surface area (Å²) in [5.41, 5.74) is 0. The van der Waals surface area contributed by atoms with Crippen molar-refractivity contribution < 1.29 is 9.13 Å². The van der Waals surface area contributed by atoms with Crippen LogP contribution in [0, 0.1) is 0 Å². The Hall–Kier alpha value is -0.830. The maximum absolute atomic E-state index is 11.6. The van der Waals surface area contributed by atoms with Crippen molar-refractivity contribution in [3.63, 3.8) is 0 Å². The van der Waals surface area contributed by atoms with Crippen molar-refractivity contribution in [2.24, 2.45) is 0 Å². The van der Waals surface area contributed by atoms with Crippen LogP contribution in [0.1, 0.15) is 0 Å². The number of pyridine rings is 1. The van der Waals surface area contributed by atoms with Gasteiger partial charge in [-0.15, -0.1) is 0 Å². The molecule has 0 unspecified atom stereocenters. The van der Waals surface area contributed by atoms with Gasteiger partial charge in [0.15, 0.2) is 10.9 Å². The van der Waals surface area contributed by atoms with E-state index in [1.807, 2.05) is 0 Å². The van der Waals surface area contributed by atoms with Crippen molar-refractivity contribution in [3.05, 3.63) is 23.5 Å². The Bertz CT molecular complexity index is 219. The highest BCUT2D eigenvalue weighted by Crippen LogP contribution is 2.19. The molecule has 1 aromatic heterocycles. The highest BCUT2D eigenvalue weighted by Gasteiger charge is 1.98. The maximum Gasteiger partial charge on any atom is 0.228 e. The van der Waals surface area contributed by atoms with Crippen molar-refractivity contribution in [3.8, 4) is 5.75 Å². The van der Waals surface area contributed by atoms with Crippen LogP contribution < -0.4 is 4.74 Å². The molecule has 4 heteroatoms. The van der Waals surface area contributed by atoms with E-state index in [-0.39, 0.29) is 10.9 Å². The first-order chi connectivity index (χ1) is 4.84. The number of alkyl halides is 1. The standard InChI is InChI=1S/C6H5ClFNO/c7-6-5(10-4-8)2-1-3-9-6/h1-3H,4H2. The highest BCUT2D eigenvalue weighted by molar-refractivity contribution is 6.30. The Morgan fingerprint density at radius 2 is 2.50 bits per heavy atom. The van der Waals surface area contributed by atoms with Gasteiger partial charge in [0, 0.05) is 6.20 Å². The van der Waals surface area contributed by atoms with E-state index in [9.17, 15) is 4.39 Å². The van der Waals surface area contributed by atoms with E-state index in [1.165, 1.54) is 6.20 Å². The van der Waals surface area contributed by atoms with Crippen molar-refractivity contribution >= 4 is 11.6 Å². The van der Waals surface area contributed by atoms with Gasteiger partial charge in [-0.1, -0.05) is 11.6 Å². The quantitative estimate of drug-likeness (QED) is 0.620. The molecule has 1 aromatic rings. The van der Waals surface area contributed by atoms with Crippen LogP contribution >= 0.6 is 11.6 Å². The fraction of sp³-hybridized carbons (Fsp3) is 0.167. The first kappa shape index (κ1) is 7.28. The van der Waals surface area contributed by atoms with E-state index < -0.39 is 6.86 Å². The lowest BCUT2D eigenvalue weighted by atomic mass is 10.5. The monoisotopic (exact) mass is 161 g/mol. The molecule has 0 N–H and O–H groups in total. The summed E-state index contributed by atoms with van der Waals surface area (Å²) >= 11 is 5.50. The molecule has 0 amide bonds. The Balaban J connectivity index is 2.81. The second-order valence-corrected chi connectivity index (χ2v) is 1.90. The molecule has 0 bridgehead atoms. The molecule has 10 heavy (non-hydrogen) atoms. The largest absolute Gasteiger partial charge is 0.460 e. The Morgan fingerprint density at radius 1 is 1.70 bits per heavy atom. The Kier molecular flexibility index (Phi) is 2.45. The average molecular weight is 162 g/mol. The molecule has 0 saturated carbocycles. The summed E-state index contributed by atoms with van der Waals surface area (Å²) in [6, 6.07) is 3.17. The van der Waals surface area contributed by atoms with Gasteiger partial charge in [-0.25, -0.2) is 9.37 Å². The van der Waals surface area contributed by atoms with Crippen LogP contribution in [0.15, 0.2) is 18.3 Å². The molecule has 0 atom stereocenters. The number of halogens is 2. The number of aromatic nitrogens is 1. The van der Waals surface area contributed by atoms with Gasteiger partial charge in [-0.05, 0) is 12.1 Å². The van der Waals surface area contributed by atoms with Gasteiger partial charge in [0.05, 0.1) is 0 Å². The van der Waals surface area contributed by atoms with E-state index in [0.29, 0.717) is 0 Å². The van der Waals surface area contributed by atoms with Crippen LogP contribution in [0.2, 0.25) is 5.15 Å². The fourth-order valence-corrected chi connectivity index (χ4v) is 0.712. The van der Waals surface area contributed by atoms with Crippen molar-refractivity contribution in [1.29, 1.82) is 0 Å². The third-order valence-corrected chi connectivity index (χ3v) is 1.22. The van der Waals surface area contributed by atoms with Crippen LogP contribution in [0.5, 0.6) is 5.75 Å². The minimum atomic E-state index is -0.884. The third kappa shape index (κ3) is 1.57. The molecule has 0 aliphatic heterocycles. The number of ether oxygens (including phenoxy) is 1. The topological polar surface area (TPSA) is 22.1 Å². The van der Waals surface area contributed by atoms with Crippen LogP contribution in [-0.2, 0) is 0 Å². The molecule has 0 aromatic carbocycles. The molecule has 0 saturated heterocycles. The Morgan fingerprint density at radius 3 is 3.10 bits per heavy atom. The van der Waals surface area contributed by atoms with Crippen molar-refractivity contribution in [1.82, 2.24) is 4.98 Å². The zero-order valence-electron chi connectivity index (χ0n) is 5.05. The highest BCUT2D eigenvalue weighted by atomic mass is 35.5. The fourth-order valence-electron chi connectivity index (χ4n) is 0.538. The zero-order valence-corrected chi connectivity index (χ0v) is 5.81. The number of hydrogen-bond donors (Lipinski definition) is 0. The number of nitrogens with zero attached hydrogens (tertiary/aromatic N) is 1. The molecule has 0 fully saturated rings. The SMILES string of the molecule is FCOc1cccnc1Cl. The van der Waals surface area contributed by atoms with E-state index in [0.717, 1.165) is 0 Å². The molecular formula is C6H5ClFNO. The minimum Gasteiger partial charge on any atom is -0.460 e. The van der Waals surface area contributed by atoms with Crippen LogP contribution in [0.4, 0.5) is 4.39 Å². The summed E-state index contributed by atoms with van der Waals surface area (Å²) in [6.07, 6.45) is 1.51. The zero-order chi connectivity index (χ0) is 7.40. The first-order valence-corrected chi connectivity index (χ1v) is 3.01. The van der Waals surface area contributed by atoms with Crippen LogP contribution in [0.3, 0.4) is 0 Å². The average Bonchev–Trinajstić information content (AvgIpc) is 1.94. The minimum absolute atomic E-state index is 0.181. The number of hydrogen-bond acceptors (Lipinski definition) is 2. The predicted molar refractivity (Wildman–Crippen MR) is 35.9 cm³/mol. The predicted octanol–water partition coefficient (Wildman–Crippen LogP) is 2.04. The van der Waals surface area contributed by atoms with Gasteiger partial charge < -0.3 is 4.74 Å². The lowest BCUT2D eigenvalue weighted by Gasteiger charge is -1.99. The summed E-state index contributed by atoms with van der Waals surface area (Å²) in [4.78, 5) is 3.67. The van der Waals surface area contributed by atoms with Gasteiger partial charge in [0.25, 0.3) is 0 Å². The molecule has 0 aliphatic carbocycles. The lowest BCUT2D eigenvalue weighted by Crippen LogP contribution is -1.91. The molecule has 0 radical (unpaired) electrons. The van der Waals surface area contributed by atoms with Gasteiger partial charge in [0.2, 0.25) is 6.86 Å². The second-order valence-electron chi connectivity index (χ2n) is 1.55. The van der Waals surface area contributed by atoms with E-state index in [2.05, 4.69) is 9.72 Å². The number of rotatable bonds is 2. The summed E-state index contributed by atoms with van der Waals surface area (Å²) in [7, 11) is 0. The third-order valence-electron chi connectivity index (χ3n) is 0.935. The second kappa shape index (κ2) is 3.37. The maximum atomic E-state index is 11.6. The molecule has 1 rings (SSSR count). The lowest BCUT2D eigenvalue weighted by molar-refractivity contribution is 0.191. The summed E-state index contributed by atoms with van der Waals surface area (Å²) in [5, 5.41) is 0.181. The van der Waals surface area contributed by atoms with Gasteiger partial charge in [-0.2, -0.15) is 0 Å². The van der Waals surface area contributed by atoms with E-state index in [1.54, 1.807) is 12.1 Å². The normalized spacial score (nSPS) is 9.40. The van der Waals surface area contributed by atoms with Gasteiger partial charge >= 0.3 is 0 Å². The molecule has 1 heterocycles.